The van der Waals surface area contributed by atoms with Crippen molar-refractivity contribution in [2.24, 2.45) is 0 Å². The van der Waals surface area contributed by atoms with Crippen LogP contribution in [0, 0.1) is 13.8 Å². The summed E-state index contributed by atoms with van der Waals surface area (Å²) in [6.07, 6.45) is 0. The van der Waals surface area contributed by atoms with Gasteiger partial charge in [0.1, 0.15) is 0 Å². The lowest BCUT2D eigenvalue weighted by Gasteiger charge is -2.17. The van der Waals surface area contributed by atoms with Crippen LogP contribution in [0.3, 0.4) is 0 Å². The van der Waals surface area contributed by atoms with Crippen LogP contribution in [0.5, 0.6) is 0 Å². The molecule has 0 aliphatic heterocycles. The summed E-state index contributed by atoms with van der Waals surface area (Å²) >= 11 is 5.41. The molecule has 3 aromatic rings. The van der Waals surface area contributed by atoms with E-state index in [9.17, 15) is 0 Å². The fourth-order valence-electron chi connectivity index (χ4n) is 2.81. The lowest BCUT2D eigenvalue weighted by atomic mass is 9.99. The Bertz CT molecular complexity index is 791. The average molecular weight is 360 g/mol. The van der Waals surface area contributed by atoms with Gasteiger partial charge in [0.15, 0.2) is 0 Å². The maximum atomic E-state index is 3.53. The molecule has 1 heterocycles. The highest BCUT2D eigenvalue weighted by Gasteiger charge is 2.17. The first-order valence-corrected chi connectivity index (χ1v) is 8.63. The summed E-state index contributed by atoms with van der Waals surface area (Å²) in [7, 11) is 2.03. The second-order valence-electron chi connectivity index (χ2n) is 5.38. The van der Waals surface area contributed by atoms with E-state index in [1.165, 1.54) is 31.7 Å². The van der Waals surface area contributed by atoms with E-state index in [-0.39, 0.29) is 6.04 Å². The predicted molar refractivity (Wildman–Crippen MR) is 96.3 cm³/mol. The van der Waals surface area contributed by atoms with Crippen molar-refractivity contribution in [1.82, 2.24) is 5.32 Å². The normalized spacial score (nSPS) is 12.8. The Hall–Kier alpha value is -1.16. The van der Waals surface area contributed by atoms with Gasteiger partial charge >= 0.3 is 0 Å². The van der Waals surface area contributed by atoms with Crippen molar-refractivity contribution >= 4 is 38.0 Å². The number of aryl methyl sites for hydroxylation is 2. The molecule has 0 spiro atoms. The number of halogens is 1. The Labute approximate surface area is 138 Å². The quantitative estimate of drug-likeness (QED) is 0.642. The first-order chi connectivity index (χ1) is 10.1. The summed E-state index contributed by atoms with van der Waals surface area (Å²) in [5.41, 5.74) is 2.69. The van der Waals surface area contributed by atoms with Crippen molar-refractivity contribution in [2.45, 2.75) is 19.9 Å². The molecule has 0 bridgehead atoms. The van der Waals surface area contributed by atoms with Crippen molar-refractivity contribution < 1.29 is 0 Å². The second kappa shape index (κ2) is 5.91. The highest BCUT2D eigenvalue weighted by molar-refractivity contribution is 9.10. The van der Waals surface area contributed by atoms with Crippen LogP contribution in [0.25, 0.3) is 10.8 Å². The maximum Gasteiger partial charge on any atom is 0.0671 e. The van der Waals surface area contributed by atoms with E-state index in [0.29, 0.717) is 0 Å². The van der Waals surface area contributed by atoms with Crippen molar-refractivity contribution in [3.63, 3.8) is 0 Å². The van der Waals surface area contributed by atoms with Crippen LogP contribution in [0.1, 0.15) is 26.9 Å². The van der Waals surface area contributed by atoms with E-state index < -0.39 is 0 Å². The molecule has 1 unspecified atom stereocenters. The molecule has 108 valence electrons. The molecule has 3 rings (SSSR count). The molecule has 1 nitrogen and oxygen atoms in total. The smallest absolute Gasteiger partial charge is 0.0671 e. The zero-order valence-electron chi connectivity index (χ0n) is 12.4. The van der Waals surface area contributed by atoms with E-state index in [2.05, 4.69) is 77.6 Å². The first kappa shape index (κ1) is 14.8. The van der Waals surface area contributed by atoms with Crippen molar-refractivity contribution in [2.75, 3.05) is 7.05 Å². The Morgan fingerprint density at radius 2 is 1.71 bits per heavy atom. The minimum Gasteiger partial charge on any atom is -0.309 e. The van der Waals surface area contributed by atoms with E-state index in [0.717, 1.165) is 4.47 Å². The molecule has 0 aliphatic rings. The number of hydrogen-bond acceptors (Lipinski definition) is 2. The Morgan fingerprint density at radius 1 is 1.00 bits per heavy atom. The van der Waals surface area contributed by atoms with E-state index in [1.54, 1.807) is 0 Å². The number of hydrogen-bond donors (Lipinski definition) is 1. The molecule has 0 aliphatic carbocycles. The third kappa shape index (κ3) is 2.91. The van der Waals surface area contributed by atoms with Crippen LogP contribution >= 0.6 is 27.3 Å². The molecule has 0 saturated heterocycles. The third-order valence-electron chi connectivity index (χ3n) is 3.79. The summed E-state index contributed by atoms with van der Waals surface area (Å²) in [6, 6.07) is 15.7. The first-order valence-electron chi connectivity index (χ1n) is 7.02. The van der Waals surface area contributed by atoms with E-state index in [4.69, 9.17) is 0 Å². The number of nitrogens with one attached hydrogen (secondary N) is 1. The Morgan fingerprint density at radius 3 is 2.38 bits per heavy atom. The third-order valence-corrected chi connectivity index (χ3v) is 5.50. The van der Waals surface area contributed by atoms with Gasteiger partial charge in [-0.2, -0.15) is 0 Å². The van der Waals surface area contributed by atoms with E-state index >= 15 is 0 Å². The van der Waals surface area contributed by atoms with E-state index in [1.807, 2.05) is 18.4 Å². The second-order valence-corrected chi connectivity index (χ2v) is 7.58. The van der Waals surface area contributed by atoms with Crippen molar-refractivity contribution in [3.8, 4) is 0 Å². The predicted octanol–water partition coefficient (Wildman–Crippen LogP) is 5.59. The largest absolute Gasteiger partial charge is 0.309 e. The molecule has 21 heavy (non-hydrogen) atoms. The summed E-state index contributed by atoms with van der Waals surface area (Å²) in [4.78, 5) is 2.78. The monoisotopic (exact) mass is 359 g/mol. The number of fused-ring (bicyclic) bond motifs is 1. The van der Waals surface area contributed by atoms with Crippen molar-refractivity contribution in [1.29, 1.82) is 0 Å². The molecular formula is C18H18BrNS. The number of benzene rings is 2. The van der Waals surface area contributed by atoms with Gasteiger partial charge in [0.25, 0.3) is 0 Å². The molecule has 2 aromatic carbocycles. The van der Waals surface area contributed by atoms with Crippen LogP contribution in [-0.2, 0) is 0 Å². The van der Waals surface area contributed by atoms with Crippen LogP contribution < -0.4 is 5.32 Å². The molecule has 3 heteroatoms. The molecule has 1 N–H and O–H groups in total. The molecule has 0 amide bonds. The van der Waals surface area contributed by atoms with Gasteiger partial charge in [-0.15, -0.1) is 11.3 Å². The van der Waals surface area contributed by atoms with Gasteiger partial charge < -0.3 is 5.32 Å². The molecule has 0 radical (unpaired) electrons. The number of thiophene rings is 1. The van der Waals surface area contributed by atoms with Crippen LogP contribution in [-0.4, -0.2) is 7.05 Å². The highest BCUT2D eigenvalue weighted by atomic mass is 79.9. The summed E-state index contributed by atoms with van der Waals surface area (Å²) in [5, 5.41) is 6.01. The molecule has 0 saturated carbocycles. The van der Waals surface area contributed by atoms with Gasteiger partial charge in [0.05, 0.1) is 6.04 Å². The fraction of sp³-hybridized carbons (Fsp3) is 0.222. The van der Waals surface area contributed by atoms with Crippen molar-refractivity contribution in [3.05, 3.63) is 67.8 Å². The number of rotatable bonds is 3. The average Bonchev–Trinajstić information content (AvgIpc) is 2.79. The standard InChI is InChI=1S/C18H18BrNS/c1-11-8-12(2)21-18(11)17(20-3)15-5-4-14-10-16(19)7-6-13(14)9-15/h4-10,17,20H,1-3H3. The summed E-state index contributed by atoms with van der Waals surface area (Å²) < 4.78 is 1.12. The van der Waals surface area contributed by atoms with Gasteiger partial charge in [-0.25, -0.2) is 0 Å². The van der Waals surface area contributed by atoms with Crippen LogP contribution in [0.15, 0.2) is 46.9 Å². The lowest BCUT2D eigenvalue weighted by molar-refractivity contribution is 0.701. The lowest BCUT2D eigenvalue weighted by Crippen LogP contribution is -2.17. The van der Waals surface area contributed by atoms with Gasteiger partial charge in [0.2, 0.25) is 0 Å². The molecular weight excluding hydrogens is 342 g/mol. The highest BCUT2D eigenvalue weighted by Crippen LogP contribution is 2.33. The van der Waals surface area contributed by atoms with Crippen LogP contribution in [0.4, 0.5) is 0 Å². The van der Waals surface area contributed by atoms with Gasteiger partial charge in [-0.1, -0.05) is 34.1 Å². The summed E-state index contributed by atoms with van der Waals surface area (Å²) in [5.74, 6) is 0. The SMILES string of the molecule is CNC(c1ccc2cc(Br)ccc2c1)c1sc(C)cc1C. The van der Waals surface area contributed by atoms with Gasteiger partial charge in [-0.05, 0) is 67.1 Å². The zero-order valence-corrected chi connectivity index (χ0v) is 14.8. The minimum absolute atomic E-state index is 0.261. The van der Waals surface area contributed by atoms with Gasteiger partial charge in [-0.3, -0.25) is 0 Å². The minimum atomic E-state index is 0.261. The van der Waals surface area contributed by atoms with Gasteiger partial charge in [0, 0.05) is 14.2 Å². The Balaban J connectivity index is 2.08. The van der Waals surface area contributed by atoms with Crippen LogP contribution in [0.2, 0.25) is 0 Å². The molecule has 0 fully saturated rings. The topological polar surface area (TPSA) is 12.0 Å². The fourth-order valence-corrected chi connectivity index (χ4v) is 4.36. The Kier molecular flexibility index (Phi) is 4.16. The zero-order chi connectivity index (χ0) is 15.0. The maximum absolute atomic E-state index is 3.53. The molecule has 1 aromatic heterocycles. The summed E-state index contributed by atoms with van der Waals surface area (Å²) in [6.45, 7) is 4.37. The molecule has 1 atom stereocenters.